The molecule has 0 saturated heterocycles. The molecular formula is C61H108O5. The summed E-state index contributed by atoms with van der Waals surface area (Å²) in [4.78, 5) is 24.5. The van der Waals surface area contributed by atoms with Crippen molar-refractivity contribution in [1.82, 2.24) is 0 Å². The van der Waals surface area contributed by atoms with Gasteiger partial charge in [-0.15, -0.1) is 0 Å². The van der Waals surface area contributed by atoms with E-state index in [0.717, 1.165) is 64.2 Å². The van der Waals surface area contributed by atoms with E-state index in [-0.39, 0.29) is 25.2 Å². The summed E-state index contributed by atoms with van der Waals surface area (Å²) in [6.07, 6.45) is 77.2. The highest BCUT2D eigenvalue weighted by atomic mass is 16.6. The smallest absolute Gasteiger partial charge is 0.306 e. The van der Waals surface area contributed by atoms with Gasteiger partial charge in [0.25, 0.3) is 0 Å². The van der Waals surface area contributed by atoms with Gasteiger partial charge in [-0.1, -0.05) is 254 Å². The molecule has 0 rings (SSSR count). The normalized spacial score (nSPS) is 12.7. The zero-order valence-corrected chi connectivity index (χ0v) is 43.7. The van der Waals surface area contributed by atoms with Crippen molar-refractivity contribution in [2.24, 2.45) is 0 Å². The van der Waals surface area contributed by atoms with Gasteiger partial charge in [0.2, 0.25) is 0 Å². The van der Waals surface area contributed by atoms with Gasteiger partial charge in [0.05, 0.1) is 6.61 Å². The van der Waals surface area contributed by atoms with E-state index in [0.29, 0.717) is 12.8 Å². The fraction of sp³-hybridized carbons (Fsp3) is 0.770. The monoisotopic (exact) mass is 921 g/mol. The number of hydrogen-bond donors (Lipinski definition) is 1. The molecule has 0 saturated carbocycles. The second kappa shape index (κ2) is 56.7. The van der Waals surface area contributed by atoms with Crippen LogP contribution in [-0.2, 0) is 19.1 Å². The molecule has 5 heteroatoms. The van der Waals surface area contributed by atoms with Gasteiger partial charge < -0.3 is 14.6 Å². The van der Waals surface area contributed by atoms with Crippen molar-refractivity contribution in [2.45, 2.75) is 290 Å². The van der Waals surface area contributed by atoms with E-state index in [2.05, 4.69) is 86.8 Å². The molecule has 0 spiro atoms. The van der Waals surface area contributed by atoms with Gasteiger partial charge >= 0.3 is 11.9 Å². The third-order valence-corrected chi connectivity index (χ3v) is 12.5. The molecule has 0 amide bonds. The zero-order valence-electron chi connectivity index (χ0n) is 43.7. The summed E-state index contributed by atoms with van der Waals surface area (Å²) in [7, 11) is 0. The summed E-state index contributed by atoms with van der Waals surface area (Å²) in [6, 6.07) is 0. The molecule has 0 radical (unpaired) electrons. The van der Waals surface area contributed by atoms with Crippen LogP contribution in [0.25, 0.3) is 0 Å². The molecule has 1 unspecified atom stereocenters. The summed E-state index contributed by atoms with van der Waals surface area (Å²) in [6.45, 7) is 4.14. The maximum absolute atomic E-state index is 12.3. The number of aliphatic hydroxyl groups excluding tert-OH is 1. The van der Waals surface area contributed by atoms with Crippen LogP contribution in [0.1, 0.15) is 284 Å². The van der Waals surface area contributed by atoms with Crippen LogP contribution in [0.5, 0.6) is 0 Å². The van der Waals surface area contributed by atoms with Crippen LogP contribution < -0.4 is 0 Å². The molecule has 0 fully saturated rings. The number of ether oxygens (including phenoxy) is 2. The van der Waals surface area contributed by atoms with Crippen molar-refractivity contribution in [3.63, 3.8) is 0 Å². The Hall–Kier alpha value is -2.66. The molecule has 382 valence electrons. The maximum atomic E-state index is 12.3. The number of aliphatic hydroxyl groups is 1. The van der Waals surface area contributed by atoms with Gasteiger partial charge in [0, 0.05) is 12.8 Å². The second-order valence-corrected chi connectivity index (χ2v) is 19.0. The van der Waals surface area contributed by atoms with Crippen molar-refractivity contribution in [3.8, 4) is 0 Å². The molecule has 0 bridgehead atoms. The minimum Gasteiger partial charge on any atom is -0.462 e. The Kier molecular flexibility index (Phi) is 54.4. The molecule has 5 nitrogen and oxygen atoms in total. The number of carbonyl (C=O) groups excluding carboxylic acids is 2. The summed E-state index contributed by atoms with van der Waals surface area (Å²) in [5, 5.41) is 9.66. The number of esters is 2. The summed E-state index contributed by atoms with van der Waals surface area (Å²) in [5.74, 6) is -0.591. The fourth-order valence-electron chi connectivity index (χ4n) is 8.16. The fourth-order valence-corrected chi connectivity index (χ4v) is 8.16. The van der Waals surface area contributed by atoms with Crippen molar-refractivity contribution in [3.05, 3.63) is 72.9 Å². The average Bonchev–Trinajstić information content (AvgIpc) is 3.32. The lowest BCUT2D eigenvalue weighted by atomic mass is 10.0. The summed E-state index contributed by atoms with van der Waals surface area (Å²) in [5.41, 5.74) is 0. The predicted octanol–water partition coefficient (Wildman–Crippen LogP) is 19.2. The van der Waals surface area contributed by atoms with Crippen LogP contribution >= 0.6 is 0 Å². The Morgan fingerprint density at radius 3 is 0.909 bits per heavy atom. The topological polar surface area (TPSA) is 72.8 Å². The van der Waals surface area contributed by atoms with Gasteiger partial charge in [-0.25, -0.2) is 0 Å². The zero-order chi connectivity index (χ0) is 47.7. The van der Waals surface area contributed by atoms with Crippen LogP contribution in [0.2, 0.25) is 0 Å². The molecule has 1 N–H and O–H groups in total. The standard InChI is InChI=1S/C61H108O5/c1-3-5-7-9-11-13-15-17-19-21-23-25-27-29-30-32-34-36-38-40-42-44-46-48-50-52-54-56-61(64)66-59(57-62)58-65-60(63)55-53-51-49-47-45-43-41-39-37-35-33-31-28-26-24-22-20-18-16-14-12-10-8-6-4-2/h15-18,21-24,27-29,31,59,62H,3-14,19-20,25-26,30,32-58H2,1-2H3/b17-15-,18-16-,23-21-,24-22-,29-27-,31-28-. The van der Waals surface area contributed by atoms with Crippen LogP contribution in [-0.4, -0.2) is 36.4 Å². The van der Waals surface area contributed by atoms with Crippen LogP contribution in [0.15, 0.2) is 72.9 Å². The highest BCUT2D eigenvalue weighted by molar-refractivity contribution is 5.70. The molecule has 0 aromatic rings. The molecule has 0 heterocycles. The van der Waals surface area contributed by atoms with E-state index >= 15 is 0 Å². The van der Waals surface area contributed by atoms with E-state index in [4.69, 9.17) is 9.47 Å². The minimum atomic E-state index is -0.779. The number of hydrogen-bond acceptors (Lipinski definition) is 5. The highest BCUT2D eigenvalue weighted by Crippen LogP contribution is 2.16. The van der Waals surface area contributed by atoms with Crippen LogP contribution in [0.4, 0.5) is 0 Å². The predicted molar refractivity (Wildman–Crippen MR) is 288 cm³/mol. The molecule has 0 aromatic carbocycles. The van der Waals surface area contributed by atoms with Gasteiger partial charge in [-0.05, 0) is 89.9 Å². The summed E-state index contributed by atoms with van der Waals surface area (Å²) < 4.78 is 10.7. The molecule has 66 heavy (non-hydrogen) atoms. The summed E-state index contributed by atoms with van der Waals surface area (Å²) >= 11 is 0. The third-order valence-electron chi connectivity index (χ3n) is 12.5. The first-order chi connectivity index (χ1) is 32.6. The number of unbranched alkanes of at least 4 members (excludes halogenated alkanes) is 32. The SMILES string of the molecule is CCCCCCC/C=C\C/C=C\C/C=C\CCCCCCCCCCCCCCC(=O)OC(CO)COC(=O)CCCCCCCCCCCC/C=C\C/C=C\C/C=C\CCCCCCC. The van der Waals surface area contributed by atoms with Gasteiger partial charge in [-0.3, -0.25) is 9.59 Å². The second-order valence-electron chi connectivity index (χ2n) is 19.0. The Labute approximate surface area is 410 Å². The maximum Gasteiger partial charge on any atom is 0.306 e. The molecule has 0 aliphatic rings. The first kappa shape index (κ1) is 63.3. The van der Waals surface area contributed by atoms with Crippen molar-refractivity contribution in [2.75, 3.05) is 13.2 Å². The first-order valence-electron chi connectivity index (χ1n) is 28.5. The first-order valence-corrected chi connectivity index (χ1v) is 28.5. The molecule has 0 aliphatic heterocycles. The minimum absolute atomic E-state index is 0.0700. The Morgan fingerprint density at radius 1 is 0.348 bits per heavy atom. The molecule has 0 aliphatic carbocycles. The van der Waals surface area contributed by atoms with E-state index < -0.39 is 6.10 Å². The van der Waals surface area contributed by atoms with E-state index in [1.807, 2.05) is 0 Å². The molecule has 0 aromatic heterocycles. The van der Waals surface area contributed by atoms with E-state index in [1.54, 1.807) is 0 Å². The number of rotatable bonds is 52. The van der Waals surface area contributed by atoms with Crippen LogP contribution in [0, 0.1) is 0 Å². The largest absolute Gasteiger partial charge is 0.462 e. The average molecular weight is 922 g/mol. The van der Waals surface area contributed by atoms with Crippen molar-refractivity contribution < 1.29 is 24.2 Å². The lowest BCUT2D eigenvalue weighted by molar-refractivity contribution is -0.161. The van der Waals surface area contributed by atoms with Crippen LogP contribution in [0.3, 0.4) is 0 Å². The lowest BCUT2D eigenvalue weighted by Gasteiger charge is -2.15. The van der Waals surface area contributed by atoms with E-state index in [9.17, 15) is 14.7 Å². The third kappa shape index (κ3) is 54.0. The quantitative estimate of drug-likeness (QED) is 0.0374. The van der Waals surface area contributed by atoms with E-state index in [1.165, 1.54) is 193 Å². The van der Waals surface area contributed by atoms with Gasteiger partial charge in [0.15, 0.2) is 6.10 Å². The number of carbonyl (C=O) groups is 2. The number of allylic oxidation sites excluding steroid dienone is 12. The highest BCUT2D eigenvalue weighted by Gasteiger charge is 2.16. The Morgan fingerprint density at radius 2 is 0.606 bits per heavy atom. The lowest BCUT2D eigenvalue weighted by Crippen LogP contribution is -2.28. The van der Waals surface area contributed by atoms with Crippen molar-refractivity contribution in [1.29, 1.82) is 0 Å². The Balaban J connectivity index is 3.51. The molecule has 1 atom stereocenters. The van der Waals surface area contributed by atoms with Gasteiger partial charge in [0.1, 0.15) is 6.61 Å². The Bertz CT molecular complexity index is 1180. The van der Waals surface area contributed by atoms with Crippen molar-refractivity contribution >= 4 is 11.9 Å². The van der Waals surface area contributed by atoms with Gasteiger partial charge in [-0.2, -0.15) is 0 Å². The molecular weight excluding hydrogens is 813 g/mol.